The average molecular weight is 402 g/mol. The molecular formula is C20H29F3N2O3. The summed E-state index contributed by atoms with van der Waals surface area (Å²) in [5.74, 6) is 0. The number of halogens is 3. The molecule has 1 aromatic carbocycles. The molecule has 0 spiro atoms. The first-order chi connectivity index (χ1) is 12.9. The molecule has 1 heterocycles. The van der Waals surface area contributed by atoms with E-state index in [1.807, 2.05) is 27.7 Å². The monoisotopic (exact) mass is 402 g/mol. The molecule has 0 aromatic heterocycles. The number of amides is 1. The molecule has 2 rings (SSSR count). The van der Waals surface area contributed by atoms with Crippen molar-refractivity contribution in [1.29, 1.82) is 0 Å². The zero-order valence-electron chi connectivity index (χ0n) is 17.0. The van der Waals surface area contributed by atoms with Gasteiger partial charge in [0.05, 0.1) is 18.2 Å². The molecule has 0 bridgehead atoms. The van der Waals surface area contributed by atoms with Gasteiger partial charge >= 0.3 is 12.3 Å². The number of alkyl halides is 3. The summed E-state index contributed by atoms with van der Waals surface area (Å²) in [6.07, 6.45) is -4.71. The Morgan fingerprint density at radius 1 is 1.18 bits per heavy atom. The third kappa shape index (κ3) is 5.85. The highest BCUT2D eigenvalue weighted by Crippen LogP contribution is 2.32. The molecule has 1 fully saturated rings. The highest BCUT2D eigenvalue weighted by Gasteiger charge is 2.35. The Bertz CT molecular complexity index is 656. The molecule has 1 aromatic rings. The van der Waals surface area contributed by atoms with Crippen LogP contribution in [0.25, 0.3) is 0 Å². The minimum Gasteiger partial charge on any atom is -0.444 e. The minimum absolute atomic E-state index is 0.00344. The molecule has 1 aliphatic heterocycles. The second-order valence-electron chi connectivity index (χ2n) is 8.10. The van der Waals surface area contributed by atoms with Crippen LogP contribution in [0.1, 0.15) is 44.9 Å². The first kappa shape index (κ1) is 22.5. The molecule has 1 aliphatic rings. The van der Waals surface area contributed by atoms with E-state index >= 15 is 0 Å². The third-order valence-corrected chi connectivity index (χ3v) is 4.68. The van der Waals surface area contributed by atoms with Gasteiger partial charge in [0.2, 0.25) is 0 Å². The molecule has 0 radical (unpaired) electrons. The number of hydrogen-bond donors (Lipinski definition) is 0. The fourth-order valence-corrected chi connectivity index (χ4v) is 3.36. The number of carbonyl (C=O) groups excluding carboxylic acids is 1. The molecule has 1 amide bonds. The van der Waals surface area contributed by atoms with E-state index in [2.05, 4.69) is 4.90 Å². The van der Waals surface area contributed by atoms with Crippen LogP contribution in [0, 0.1) is 0 Å². The Kier molecular flexibility index (Phi) is 6.98. The zero-order valence-corrected chi connectivity index (χ0v) is 17.0. The van der Waals surface area contributed by atoms with E-state index in [0.29, 0.717) is 26.2 Å². The van der Waals surface area contributed by atoms with Gasteiger partial charge in [0.15, 0.2) is 0 Å². The lowest BCUT2D eigenvalue weighted by atomic mass is 10.0. The average Bonchev–Trinajstić information content (AvgIpc) is 2.58. The van der Waals surface area contributed by atoms with E-state index in [0.717, 1.165) is 17.7 Å². The number of ether oxygens (including phenoxy) is 2. The standard InChI is InChI=1S/C20H29F3N2O3/c1-14-12-24(18(26)28-19(2,3)4)10-11-25(14)17(13-27-5)15-6-8-16(9-7-15)20(21,22)23/h6-9,14,17H,10-13H2,1-5H3/t14-,17+/m1/s1. The molecule has 8 heteroatoms. The number of piperazine rings is 1. The van der Waals surface area contributed by atoms with Crippen LogP contribution < -0.4 is 0 Å². The summed E-state index contributed by atoms with van der Waals surface area (Å²) >= 11 is 0. The van der Waals surface area contributed by atoms with Crippen LogP contribution in [0.15, 0.2) is 24.3 Å². The van der Waals surface area contributed by atoms with Crippen LogP contribution in [-0.2, 0) is 15.7 Å². The second kappa shape index (κ2) is 8.69. The summed E-state index contributed by atoms with van der Waals surface area (Å²) in [6, 6.07) is 5.00. The Labute approximate surface area is 164 Å². The highest BCUT2D eigenvalue weighted by atomic mass is 19.4. The number of rotatable bonds is 4. The van der Waals surface area contributed by atoms with Crippen molar-refractivity contribution in [2.45, 2.75) is 51.6 Å². The minimum atomic E-state index is -4.36. The second-order valence-corrected chi connectivity index (χ2v) is 8.10. The topological polar surface area (TPSA) is 42.0 Å². The van der Waals surface area contributed by atoms with Gasteiger partial charge in [-0.2, -0.15) is 13.2 Å². The van der Waals surface area contributed by atoms with Crippen molar-refractivity contribution in [1.82, 2.24) is 9.80 Å². The quantitative estimate of drug-likeness (QED) is 0.752. The first-order valence-corrected chi connectivity index (χ1v) is 9.32. The predicted octanol–water partition coefficient (Wildman–Crippen LogP) is 4.33. The number of nitrogens with zero attached hydrogens (tertiary/aromatic N) is 2. The number of methoxy groups -OCH3 is 1. The van der Waals surface area contributed by atoms with Crippen LogP contribution >= 0.6 is 0 Å². The van der Waals surface area contributed by atoms with Crippen LogP contribution in [-0.4, -0.2) is 60.9 Å². The summed E-state index contributed by atoms with van der Waals surface area (Å²) < 4.78 is 49.3. The highest BCUT2D eigenvalue weighted by molar-refractivity contribution is 5.68. The number of hydrogen-bond acceptors (Lipinski definition) is 4. The lowest BCUT2D eigenvalue weighted by Gasteiger charge is -2.44. The fourth-order valence-electron chi connectivity index (χ4n) is 3.36. The Hall–Kier alpha value is -1.80. The molecule has 28 heavy (non-hydrogen) atoms. The molecule has 0 unspecified atom stereocenters. The largest absolute Gasteiger partial charge is 0.444 e. The van der Waals surface area contributed by atoms with Crippen molar-refractivity contribution in [2.75, 3.05) is 33.4 Å². The summed E-state index contributed by atoms with van der Waals surface area (Å²) in [4.78, 5) is 16.1. The fraction of sp³-hybridized carbons (Fsp3) is 0.650. The first-order valence-electron chi connectivity index (χ1n) is 9.32. The van der Waals surface area contributed by atoms with E-state index in [1.54, 1.807) is 12.0 Å². The van der Waals surface area contributed by atoms with Crippen LogP contribution in [0.5, 0.6) is 0 Å². The molecule has 1 saturated heterocycles. The summed E-state index contributed by atoms with van der Waals surface area (Å²) in [7, 11) is 1.57. The molecule has 0 saturated carbocycles. The van der Waals surface area contributed by atoms with E-state index in [4.69, 9.17) is 9.47 Å². The van der Waals surface area contributed by atoms with Gasteiger partial charge in [-0.1, -0.05) is 12.1 Å². The van der Waals surface area contributed by atoms with Gasteiger partial charge < -0.3 is 14.4 Å². The van der Waals surface area contributed by atoms with Gasteiger partial charge in [0.25, 0.3) is 0 Å². The number of benzene rings is 1. The van der Waals surface area contributed by atoms with Crippen LogP contribution in [0.4, 0.5) is 18.0 Å². The van der Waals surface area contributed by atoms with Crippen LogP contribution in [0.3, 0.4) is 0 Å². The summed E-state index contributed by atoms with van der Waals surface area (Å²) in [5, 5.41) is 0. The van der Waals surface area contributed by atoms with Gasteiger partial charge in [-0.15, -0.1) is 0 Å². The van der Waals surface area contributed by atoms with Gasteiger partial charge in [0.1, 0.15) is 5.60 Å². The van der Waals surface area contributed by atoms with E-state index in [9.17, 15) is 18.0 Å². The molecular weight excluding hydrogens is 373 g/mol. The molecule has 0 N–H and O–H groups in total. The Morgan fingerprint density at radius 3 is 2.25 bits per heavy atom. The van der Waals surface area contributed by atoms with E-state index in [-0.39, 0.29) is 18.2 Å². The van der Waals surface area contributed by atoms with E-state index in [1.165, 1.54) is 12.1 Å². The normalized spacial score (nSPS) is 20.1. The maximum atomic E-state index is 12.8. The molecule has 2 atom stereocenters. The van der Waals surface area contributed by atoms with Crippen molar-refractivity contribution in [3.05, 3.63) is 35.4 Å². The lowest BCUT2D eigenvalue weighted by molar-refractivity contribution is -0.137. The van der Waals surface area contributed by atoms with E-state index < -0.39 is 17.3 Å². The Balaban J connectivity index is 2.12. The SMILES string of the molecule is COC[C@@H](c1ccc(C(F)(F)F)cc1)N1CCN(C(=O)OC(C)(C)C)C[C@H]1C. The predicted molar refractivity (Wildman–Crippen MR) is 100 cm³/mol. The lowest BCUT2D eigenvalue weighted by Crippen LogP contribution is -2.55. The molecule has 0 aliphatic carbocycles. The van der Waals surface area contributed by atoms with Crippen molar-refractivity contribution in [2.24, 2.45) is 0 Å². The molecule has 158 valence electrons. The third-order valence-electron chi connectivity index (χ3n) is 4.68. The van der Waals surface area contributed by atoms with Crippen molar-refractivity contribution in [3.63, 3.8) is 0 Å². The van der Waals surface area contributed by atoms with Crippen LogP contribution in [0.2, 0.25) is 0 Å². The smallest absolute Gasteiger partial charge is 0.416 e. The Morgan fingerprint density at radius 2 is 1.79 bits per heavy atom. The summed E-state index contributed by atoms with van der Waals surface area (Å²) in [6.45, 7) is 9.36. The molecule has 5 nitrogen and oxygen atoms in total. The zero-order chi connectivity index (χ0) is 21.1. The van der Waals surface area contributed by atoms with Crippen molar-refractivity contribution in [3.8, 4) is 0 Å². The van der Waals surface area contributed by atoms with Gasteiger partial charge in [-0.25, -0.2) is 4.79 Å². The van der Waals surface area contributed by atoms with Gasteiger partial charge in [-0.3, -0.25) is 4.90 Å². The van der Waals surface area contributed by atoms with Crippen molar-refractivity contribution < 1.29 is 27.4 Å². The maximum Gasteiger partial charge on any atom is 0.416 e. The van der Waals surface area contributed by atoms with Gasteiger partial charge in [0, 0.05) is 32.8 Å². The van der Waals surface area contributed by atoms with Crippen molar-refractivity contribution >= 4 is 6.09 Å². The maximum absolute atomic E-state index is 12.8. The van der Waals surface area contributed by atoms with Gasteiger partial charge in [-0.05, 0) is 45.4 Å². The summed E-state index contributed by atoms with van der Waals surface area (Å²) in [5.41, 5.74) is -0.473. The number of carbonyl (C=O) groups is 1.